The Kier molecular flexibility index (Phi) is 3.92. The van der Waals surface area contributed by atoms with Crippen LogP contribution in [0.1, 0.15) is 62.3 Å². The average Bonchev–Trinajstić information content (AvgIpc) is 2.11. The molecule has 0 aromatic rings. The van der Waals surface area contributed by atoms with E-state index in [1.54, 1.807) is 11.2 Å². The maximum Gasteiger partial charge on any atom is 0.234 e. The molecule has 2 atom stereocenters. The zero-order chi connectivity index (χ0) is 15.2. The molecular weight excluding hydrogens is 236 g/mol. The molecule has 0 spiro atoms. The number of amides is 1. The zero-order valence-corrected chi connectivity index (χ0v) is 14.0. The Labute approximate surface area is 118 Å². The molecule has 0 radical (unpaired) electrons. The van der Waals surface area contributed by atoms with Crippen LogP contribution in [0, 0.1) is 16.7 Å². The van der Waals surface area contributed by atoms with Crippen LogP contribution < -0.4 is 0 Å². The van der Waals surface area contributed by atoms with Gasteiger partial charge in [0.1, 0.15) is 0 Å². The van der Waals surface area contributed by atoms with Gasteiger partial charge in [-0.1, -0.05) is 41.5 Å². The second-order valence-electron chi connectivity index (χ2n) is 8.80. The molecule has 0 bridgehead atoms. The number of nitrogens with zero attached hydrogens (tertiary/aromatic N) is 2. The van der Waals surface area contributed by atoms with Crippen molar-refractivity contribution < 1.29 is 4.79 Å². The second-order valence-corrected chi connectivity index (χ2v) is 8.80. The molecule has 1 amide bonds. The number of rotatable bonds is 0. The third-order valence-electron chi connectivity index (χ3n) is 3.70. The Hall–Kier alpha value is -0.860. The minimum Gasteiger partial charge on any atom is -0.298 e. The van der Waals surface area contributed by atoms with Crippen molar-refractivity contribution in [3.8, 4) is 0 Å². The molecule has 0 saturated heterocycles. The van der Waals surface area contributed by atoms with Crippen molar-refractivity contribution >= 4 is 12.2 Å². The van der Waals surface area contributed by atoms with Crippen molar-refractivity contribution in [2.75, 3.05) is 0 Å². The van der Waals surface area contributed by atoms with Gasteiger partial charge in [-0.2, -0.15) is 0 Å². The minimum absolute atomic E-state index is 0.00587. The van der Waals surface area contributed by atoms with E-state index in [1.807, 2.05) is 20.8 Å². The summed E-state index contributed by atoms with van der Waals surface area (Å²) in [5.74, 6) is 0.131. The number of carbonyl (C=O) groups is 1. The molecule has 0 N–H and O–H groups in total. The lowest BCUT2D eigenvalue weighted by Crippen LogP contribution is -2.57. The van der Waals surface area contributed by atoms with Gasteiger partial charge < -0.3 is 0 Å². The van der Waals surface area contributed by atoms with Gasteiger partial charge in [-0.25, -0.2) is 0 Å². The fourth-order valence-corrected chi connectivity index (χ4v) is 2.64. The van der Waals surface area contributed by atoms with Crippen molar-refractivity contribution in [3.63, 3.8) is 0 Å². The maximum atomic E-state index is 12.9. The van der Waals surface area contributed by atoms with Crippen LogP contribution >= 0.6 is 0 Å². The van der Waals surface area contributed by atoms with Crippen LogP contribution in [0.2, 0.25) is 0 Å². The zero-order valence-electron chi connectivity index (χ0n) is 14.0. The van der Waals surface area contributed by atoms with Crippen LogP contribution in [-0.2, 0) is 4.79 Å². The summed E-state index contributed by atoms with van der Waals surface area (Å²) >= 11 is 0. The van der Waals surface area contributed by atoms with E-state index in [-0.39, 0.29) is 34.2 Å². The molecule has 0 aromatic heterocycles. The largest absolute Gasteiger partial charge is 0.298 e. The number of carbonyl (C=O) groups excluding carboxylic acids is 1. The lowest BCUT2D eigenvalue weighted by Gasteiger charge is -2.47. The molecule has 3 nitrogen and oxygen atoms in total. The van der Waals surface area contributed by atoms with Gasteiger partial charge >= 0.3 is 0 Å². The number of hydrogen-bond donors (Lipinski definition) is 0. The SMILES string of the molecule is CC(C)(C)C1N=CN(C(C)(C)C)C(=O)C1C(C)(C)C. The highest BCUT2D eigenvalue weighted by atomic mass is 16.2. The first kappa shape index (κ1) is 16.2. The number of hydrogen-bond acceptors (Lipinski definition) is 2. The molecule has 3 heteroatoms. The van der Waals surface area contributed by atoms with Crippen molar-refractivity contribution in [3.05, 3.63) is 0 Å². The average molecular weight is 266 g/mol. The Morgan fingerprint density at radius 2 is 1.42 bits per heavy atom. The maximum absolute atomic E-state index is 12.9. The third-order valence-corrected chi connectivity index (χ3v) is 3.70. The van der Waals surface area contributed by atoms with E-state index in [2.05, 4.69) is 41.5 Å². The highest BCUT2D eigenvalue weighted by Gasteiger charge is 2.48. The lowest BCUT2D eigenvalue weighted by atomic mass is 9.67. The van der Waals surface area contributed by atoms with Gasteiger partial charge in [-0.05, 0) is 31.6 Å². The van der Waals surface area contributed by atoms with Gasteiger partial charge in [0, 0.05) is 5.54 Å². The standard InChI is InChI=1S/C16H30N2O/c1-14(2,3)11-12(15(4,5)6)17-10-18(13(11)19)16(7,8)9/h10-12H,1-9H3. The van der Waals surface area contributed by atoms with Crippen LogP contribution in [0.25, 0.3) is 0 Å². The molecule has 0 fully saturated rings. The van der Waals surface area contributed by atoms with Crippen LogP contribution in [0.4, 0.5) is 0 Å². The molecule has 1 rings (SSSR count). The second kappa shape index (κ2) is 4.60. The Morgan fingerprint density at radius 3 is 1.74 bits per heavy atom. The summed E-state index contributed by atoms with van der Waals surface area (Å²) in [6, 6.07) is 0.0404. The first-order valence-corrected chi connectivity index (χ1v) is 7.13. The predicted octanol–water partition coefficient (Wildman–Crippen LogP) is 3.73. The summed E-state index contributed by atoms with van der Waals surface area (Å²) in [5, 5.41) is 0. The number of aliphatic imine (C=N–C) groups is 1. The van der Waals surface area contributed by atoms with Crippen molar-refractivity contribution in [2.24, 2.45) is 21.7 Å². The third kappa shape index (κ3) is 3.37. The minimum atomic E-state index is -0.215. The van der Waals surface area contributed by atoms with Crippen molar-refractivity contribution in [2.45, 2.75) is 73.9 Å². The Bertz CT molecular complexity index is 377. The molecule has 19 heavy (non-hydrogen) atoms. The Balaban J connectivity index is 3.29. The molecule has 0 saturated carbocycles. The van der Waals surface area contributed by atoms with E-state index in [4.69, 9.17) is 4.99 Å². The van der Waals surface area contributed by atoms with Crippen LogP contribution in [0.15, 0.2) is 4.99 Å². The lowest BCUT2D eigenvalue weighted by molar-refractivity contribution is -0.142. The van der Waals surface area contributed by atoms with E-state index >= 15 is 0 Å². The van der Waals surface area contributed by atoms with Crippen LogP contribution in [0.3, 0.4) is 0 Å². The molecular formula is C16H30N2O. The smallest absolute Gasteiger partial charge is 0.234 e. The summed E-state index contributed by atoms with van der Waals surface area (Å²) < 4.78 is 0. The summed E-state index contributed by atoms with van der Waals surface area (Å²) in [6.07, 6.45) is 1.75. The fraction of sp³-hybridized carbons (Fsp3) is 0.875. The van der Waals surface area contributed by atoms with E-state index in [0.29, 0.717) is 0 Å². The van der Waals surface area contributed by atoms with Gasteiger partial charge in [-0.15, -0.1) is 0 Å². The van der Waals surface area contributed by atoms with E-state index in [0.717, 1.165) is 0 Å². The van der Waals surface area contributed by atoms with Gasteiger partial charge in [0.05, 0.1) is 18.3 Å². The fourth-order valence-electron chi connectivity index (χ4n) is 2.64. The molecule has 1 aliphatic rings. The monoisotopic (exact) mass is 266 g/mol. The molecule has 0 aliphatic carbocycles. The van der Waals surface area contributed by atoms with Gasteiger partial charge in [-0.3, -0.25) is 14.7 Å². The van der Waals surface area contributed by atoms with Gasteiger partial charge in [0.15, 0.2) is 0 Å². The molecule has 0 aromatic carbocycles. The Morgan fingerprint density at radius 1 is 0.947 bits per heavy atom. The van der Waals surface area contributed by atoms with E-state index < -0.39 is 0 Å². The van der Waals surface area contributed by atoms with Crippen LogP contribution in [0.5, 0.6) is 0 Å². The van der Waals surface area contributed by atoms with Gasteiger partial charge in [0.25, 0.3) is 0 Å². The first-order chi connectivity index (χ1) is 8.26. The summed E-state index contributed by atoms with van der Waals surface area (Å²) in [4.78, 5) is 19.4. The van der Waals surface area contributed by atoms with Crippen LogP contribution in [-0.4, -0.2) is 28.7 Å². The van der Waals surface area contributed by atoms with E-state index in [1.165, 1.54) is 0 Å². The normalized spacial score (nSPS) is 25.9. The van der Waals surface area contributed by atoms with Crippen molar-refractivity contribution in [1.82, 2.24) is 4.90 Å². The summed E-state index contributed by atoms with van der Waals surface area (Å²) in [7, 11) is 0. The quantitative estimate of drug-likeness (QED) is 0.657. The summed E-state index contributed by atoms with van der Waals surface area (Å²) in [5.41, 5.74) is -0.308. The highest BCUT2D eigenvalue weighted by molar-refractivity contribution is 5.93. The first-order valence-electron chi connectivity index (χ1n) is 7.13. The van der Waals surface area contributed by atoms with E-state index in [9.17, 15) is 4.79 Å². The predicted molar refractivity (Wildman–Crippen MR) is 81.3 cm³/mol. The topological polar surface area (TPSA) is 32.7 Å². The van der Waals surface area contributed by atoms with Gasteiger partial charge in [0.2, 0.25) is 5.91 Å². The highest BCUT2D eigenvalue weighted by Crippen LogP contribution is 2.42. The molecule has 1 aliphatic heterocycles. The summed E-state index contributed by atoms with van der Waals surface area (Å²) in [6.45, 7) is 19.0. The van der Waals surface area contributed by atoms with Crippen molar-refractivity contribution in [1.29, 1.82) is 0 Å². The molecule has 2 unspecified atom stereocenters. The molecule has 110 valence electrons. The molecule has 1 heterocycles.